The van der Waals surface area contributed by atoms with E-state index in [2.05, 4.69) is 51.6 Å². The van der Waals surface area contributed by atoms with E-state index in [-0.39, 0.29) is 6.04 Å². The van der Waals surface area contributed by atoms with Crippen molar-refractivity contribution in [1.29, 1.82) is 0 Å². The fraction of sp³-hybridized carbons (Fsp3) is 0.250. The molecular weight excluding hydrogens is 302 g/mol. The van der Waals surface area contributed by atoms with Crippen LogP contribution in [0.15, 0.2) is 53.0 Å². The molecule has 2 rings (SSSR count). The summed E-state index contributed by atoms with van der Waals surface area (Å²) in [6.07, 6.45) is 0. The summed E-state index contributed by atoms with van der Waals surface area (Å²) in [7, 11) is 1.97. The van der Waals surface area contributed by atoms with E-state index in [0.29, 0.717) is 6.61 Å². The van der Waals surface area contributed by atoms with Crippen molar-refractivity contribution in [3.8, 4) is 5.75 Å². The van der Waals surface area contributed by atoms with Crippen LogP contribution in [0.3, 0.4) is 0 Å². The van der Waals surface area contributed by atoms with Gasteiger partial charge in [-0.25, -0.2) is 0 Å². The van der Waals surface area contributed by atoms with Gasteiger partial charge in [0.2, 0.25) is 0 Å². The first-order valence-corrected chi connectivity index (χ1v) is 7.20. The van der Waals surface area contributed by atoms with E-state index in [4.69, 9.17) is 4.74 Å². The first kappa shape index (κ1) is 14.1. The monoisotopic (exact) mass is 319 g/mol. The van der Waals surface area contributed by atoms with E-state index < -0.39 is 0 Å². The minimum absolute atomic E-state index is 0.172. The van der Waals surface area contributed by atoms with Crippen LogP contribution in [0.5, 0.6) is 5.75 Å². The Hall–Kier alpha value is -1.32. The van der Waals surface area contributed by atoms with Gasteiger partial charge < -0.3 is 10.1 Å². The van der Waals surface area contributed by atoms with E-state index >= 15 is 0 Å². The standard InChI is InChI=1S/C16H18BrNO/c1-3-19-13-10-8-12(9-11-13)16(18-2)14-6-4-5-7-15(14)17/h4-11,16,18H,3H2,1-2H3. The molecule has 1 unspecified atom stereocenters. The summed E-state index contributed by atoms with van der Waals surface area (Å²) in [4.78, 5) is 0. The predicted octanol–water partition coefficient (Wildman–Crippen LogP) is 4.16. The van der Waals surface area contributed by atoms with Crippen LogP contribution in [0.2, 0.25) is 0 Å². The molecule has 0 heterocycles. The largest absolute Gasteiger partial charge is 0.494 e. The van der Waals surface area contributed by atoms with Gasteiger partial charge in [0.1, 0.15) is 5.75 Å². The van der Waals surface area contributed by atoms with Crippen molar-refractivity contribution in [2.45, 2.75) is 13.0 Å². The summed E-state index contributed by atoms with van der Waals surface area (Å²) in [6.45, 7) is 2.68. The Bertz CT molecular complexity index is 525. The fourth-order valence-corrected chi connectivity index (χ4v) is 2.65. The molecule has 1 N–H and O–H groups in total. The fourth-order valence-electron chi connectivity index (χ4n) is 2.13. The van der Waals surface area contributed by atoms with E-state index in [0.717, 1.165) is 10.2 Å². The van der Waals surface area contributed by atoms with Crippen LogP contribution in [0.4, 0.5) is 0 Å². The van der Waals surface area contributed by atoms with E-state index in [1.54, 1.807) is 0 Å². The SMILES string of the molecule is CCOc1ccc(C(NC)c2ccccc2Br)cc1. The highest BCUT2D eigenvalue weighted by atomic mass is 79.9. The lowest BCUT2D eigenvalue weighted by atomic mass is 9.99. The van der Waals surface area contributed by atoms with E-state index in [1.165, 1.54) is 11.1 Å². The lowest BCUT2D eigenvalue weighted by Gasteiger charge is -2.19. The molecule has 0 saturated carbocycles. The second-order valence-corrected chi connectivity index (χ2v) is 5.10. The van der Waals surface area contributed by atoms with Crippen molar-refractivity contribution in [1.82, 2.24) is 5.32 Å². The molecule has 0 fully saturated rings. The summed E-state index contributed by atoms with van der Waals surface area (Å²) in [6, 6.07) is 16.7. The van der Waals surface area contributed by atoms with Crippen molar-refractivity contribution in [2.24, 2.45) is 0 Å². The maximum Gasteiger partial charge on any atom is 0.119 e. The van der Waals surface area contributed by atoms with E-state index in [9.17, 15) is 0 Å². The first-order chi connectivity index (χ1) is 9.26. The zero-order valence-electron chi connectivity index (χ0n) is 11.2. The van der Waals surface area contributed by atoms with E-state index in [1.807, 2.05) is 32.2 Å². The van der Waals surface area contributed by atoms with Gasteiger partial charge in [0.25, 0.3) is 0 Å². The summed E-state index contributed by atoms with van der Waals surface area (Å²) < 4.78 is 6.59. The zero-order valence-corrected chi connectivity index (χ0v) is 12.8. The van der Waals surface area contributed by atoms with Crippen LogP contribution in [0.25, 0.3) is 0 Å². The molecule has 0 aromatic heterocycles. The number of benzene rings is 2. The molecule has 0 amide bonds. The van der Waals surface area contributed by atoms with Gasteiger partial charge in [-0.15, -0.1) is 0 Å². The van der Waals surface area contributed by atoms with Crippen molar-refractivity contribution < 1.29 is 4.74 Å². The lowest BCUT2D eigenvalue weighted by Crippen LogP contribution is -2.18. The molecule has 19 heavy (non-hydrogen) atoms. The Morgan fingerprint density at radius 3 is 2.37 bits per heavy atom. The van der Waals surface area contributed by atoms with Crippen molar-refractivity contribution in [2.75, 3.05) is 13.7 Å². The van der Waals surface area contributed by atoms with Gasteiger partial charge in [0.05, 0.1) is 12.6 Å². The normalized spacial score (nSPS) is 12.2. The highest BCUT2D eigenvalue weighted by Crippen LogP contribution is 2.29. The first-order valence-electron chi connectivity index (χ1n) is 6.40. The molecule has 0 bridgehead atoms. The molecule has 3 heteroatoms. The number of ether oxygens (including phenoxy) is 1. The van der Waals surface area contributed by atoms with Gasteiger partial charge in [-0.1, -0.05) is 46.3 Å². The molecule has 0 spiro atoms. The minimum atomic E-state index is 0.172. The summed E-state index contributed by atoms with van der Waals surface area (Å²) in [5.74, 6) is 0.910. The highest BCUT2D eigenvalue weighted by molar-refractivity contribution is 9.10. The summed E-state index contributed by atoms with van der Waals surface area (Å²) >= 11 is 3.61. The third-order valence-corrected chi connectivity index (χ3v) is 3.75. The average Bonchev–Trinajstić information content (AvgIpc) is 2.44. The van der Waals surface area contributed by atoms with Gasteiger partial charge in [0, 0.05) is 4.47 Å². The molecule has 0 saturated heterocycles. The van der Waals surface area contributed by atoms with Crippen LogP contribution in [0.1, 0.15) is 24.1 Å². The Labute approximate surface area is 122 Å². The average molecular weight is 320 g/mol. The van der Waals surface area contributed by atoms with Crippen molar-refractivity contribution >= 4 is 15.9 Å². The van der Waals surface area contributed by atoms with Crippen LogP contribution < -0.4 is 10.1 Å². The van der Waals surface area contributed by atoms with Gasteiger partial charge in [0.15, 0.2) is 0 Å². The number of halogens is 1. The second kappa shape index (κ2) is 6.73. The molecule has 2 nitrogen and oxygen atoms in total. The van der Waals surface area contributed by atoms with Gasteiger partial charge in [-0.05, 0) is 43.3 Å². The number of rotatable bonds is 5. The van der Waals surface area contributed by atoms with Crippen LogP contribution in [-0.2, 0) is 0 Å². The maximum absolute atomic E-state index is 5.47. The summed E-state index contributed by atoms with van der Waals surface area (Å²) in [5.41, 5.74) is 2.45. The molecule has 100 valence electrons. The van der Waals surface area contributed by atoms with Gasteiger partial charge in [-0.2, -0.15) is 0 Å². The molecule has 0 radical (unpaired) electrons. The van der Waals surface area contributed by atoms with Gasteiger partial charge >= 0.3 is 0 Å². The second-order valence-electron chi connectivity index (χ2n) is 4.25. The third-order valence-electron chi connectivity index (χ3n) is 3.03. The number of hydrogen-bond acceptors (Lipinski definition) is 2. The Morgan fingerprint density at radius 2 is 1.79 bits per heavy atom. The Morgan fingerprint density at radius 1 is 1.11 bits per heavy atom. The molecule has 2 aromatic carbocycles. The molecule has 0 aliphatic rings. The van der Waals surface area contributed by atoms with Crippen LogP contribution >= 0.6 is 15.9 Å². The van der Waals surface area contributed by atoms with Crippen molar-refractivity contribution in [3.63, 3.8) is 0 Å². The highest BCUT2D eigenvalue weighted by Gasteiger charge is 2.14. The molecule has 0 aliphatic heterocycles. The van der Waals surface area contributed by atoms with Crippen LogP contribution in [0, 0.1) is 0 Å². The lowest BCUT2D eigenvalue weighted by molar-refractivity contribution is 0.340. The minimum Gasteiger partial charge on any atom is -0.494 e. The molecule has 2 aromatic rings. The third kappa shape index (κ3) is 3.37. The Kier molecular flexibility index (Phi) is 5.00. The molecule has 0 aliphatic carbocycles. The predicted molar refractivity (Wildman–Crippen MR) is 82.7 cm³/mol. The number of hydrogen-bond donors (Lipinski definition) is 1. The maximum atomic E-state index is 5.47. The quantitative estimate of drug-likeness (QED) is 0.893. The molecule has 1 atom stereocenters. The van der Waals surface area contributed by atoms with Crippen LogP contribution in [-0.4, -0.2) is 13.7 Å². The Balaban J connectivity index is 2.29. The molecular formula is C16H18BrNO. The summed E-state index contributed by atoms with van der Waals surface area (Å²) in [5, 5.41) is 3.36. The van der Waals surface area contributed by atoms with Gasteiger partial charge in [-0.3, -0.25) is 0 Å². The number of nitrogens with one attached hydrogen (secondary N) is 1. The topological polar surface area (TPSA) is 21.3 Å². The zero-order chi connectivity index (χ0) is 13.7. The smallest absolute Gasteiger partial charge is 0.119 e. The van der Waals surface area contributed by atoms with Crippen molar-refractivity contribution in [3.05, 3.63) is 64.1 Å².